The van der Waals surface area contributed by atoms with E-state index in [1.165, 1.54) is 5.56 Å². The summed E-state index contributed by atoms with van der Waals surface area (Å²) in [5.74, 6) is -0.337. The van der Waals surface area contributed by atoms with Crippen LogP contribution < -0.4 is 5.32 Å². The van der Waals surface area contributed by atoms with Gasteiger partial charge in [0.05, 0.1) is 5.25 Å². The van der Waals surface area contributed by atoms with Gasteiger partial charge >= 0.3 is 0 Å². The Balaban J connectivity index is 1.43. The van der Waals surface area contributed by atoms with Crippen LogP contribution in [-0.2, 0) is 17.6 Å². The number of carbonyl (C=O) groups excluding carboxylic acids is 3. The highest BCUT2D eigenvalue weighted by Crippen LogP contribution is 2.23. The van der Waals surface area contributed by atoms with Gasteiger partial charge in [-0.05, 0) is 41.2 Å². The van der Waals surface area contributed by atoms with E-state index in [9.17, 15) is 14.4 Å². The average Bonchev–Trinajstić information content (AvgIpc) is 3.10. The maximum atomic E-state index is 12.6. The summed E-state index contributed by atoms with van der Waals surface area (Å²) in [4.78, 5) is 35.6. The van der Waals surface area contributed by atoms with Gasteiger partial charge in [0.25, 0.3) is 5.24 Å². The minimum Gasteiger partial charge on any atom is -0.289 e. The highest BCUT2D eigenvalue weighted by molar-refractivity contribution is 8.15. The highest BCUT2D eigenvalue weighted by Gasteiger charge is 2.31. The topological polar surface area (TPSA) is 63.2 Å². The number of thioether (sulfide) groups is 1. The van der Waals surface area contributed by atoms with Crippen molar-refractivity contribution in [3.63, 3.8) is 0 Å². The molecule has 1 atom stereocenters. The summed E-state index contributed by atoms with van der Waals surface area (Å²) in [5, 5.41) is 1.58. The number of hydrogen-bond acceptors (Lipinski definition) is 4. The van der Waals surface area contributed by atoms with E-state index in [1.54, 1.807) is 18.2 Å². The molecule has 0 radical (unpaired) electrons. The van der Waals surface area contributed by atoms with Crippen molar-refractivity contribution in [3.05, 3.63) is 113 Å². The zero-order chi connectivity index (χ0) is 21.6. The van der Waals surface area contributed by atoms with Crippen LogP contribution in [0, 0.1) is 0 Å². The third-order valence-corrected chi connectivity index (χ3v) is 6.11. The van der Waals surface area contributed by atoms with Crippen LogP contribution in [0.1, 0.15) is 32.6 Å². The predicted molar refractivity (Wildman–Crippen MR) is 124 cm³/mol. The first-order valence-electron chi connectivity index (χ1n) is 10.0. The van der Waals surface area contributed by atoms with Crippen LogP contribution in [-0.4, -0.2) is 22.2 Å². The van der Waals surface area contributed by atoms with Crippen molar-refractivity contribution in [2.45, 2.75) is 18.1 Å². The molecule has 154 valence electrons. The van der Waals surface area contributed by atoms with Gasteiger partial charge in [0.1, 0.15) is 0 Å². The lowest BCUT2D eigenvalue weighted by Crippen LogP contribution is -2.25. The standard InChI is InChI=1S/C26H21NO3S/c28-23(21-12-10-19(11-13-21)17-24-25(29)27-26(30)31-24)15-14-20-8-4-5-9-22(20)16-18-6-2-1-3-7-18/h1-15,24H,16-17H2,(H,27,29,30)/b15-14+. The zero-order valence-corrected chi connectivity index (χ0v) is 17.6. The molecule has 3 aromatic rings. The van der Waals surface area contributed by atoms with Crippen LogP contribution in [0.15, 0.2) is 84.9 Å². The normalized spacial score (nSPS) is 15.9. The van der Waals surface area contributed by atoms with Crippen molar-refractivity contribution in [2.24, 2.45) is 0 Å². The Morgan fingerprint density at radius 2 is 1.58 bits per heavy atom. The SMILES string of the molecule is O=C1NC(=O)C(Cc2ccc(C(=O)/C=C/c3ccccc3Cc3ccccc3)cc2)S1. The molecule has 1 heterocycles. The first-order valence-corrected chi connectivity index (χ1v) is 10.9. The number of carbonyl (C=O) groups is 3. The molecule has 1 aliphatic heterocycles. The van der Waals surface area contributed by atoms with Gasteiger partial charge in [0.2, 0.25) is 5.91 Å². The molecule has 0 bridgehead atoms. The minimum absolute atomic E-state index is 0.0794. The van der Waals surface area contributed by atoms with Gasteiger partial charge in [-0.1, -0.05) is 96.7 Å². The molecule has 1 saturated heterocycles. The smallest absolute Gasteiger partial charge is 0.286 e. The summed E-state index contributed by atoms with van der Waals surface area (Å²) in [6, 6.07) is 25.5. The van der Waals surface area contributed by atoms with Crippen LogP contribution >= 0.6 is 11.8 Å². The van der Waals surface area contributed by atoms with E-state index < -0.39 is 5.25 Å². The van der Waals surface area contributed by atoms with Crippen LogP contribution in [0.4, 0.5) is 4.79 Å². The van der Waals surface area contributed by atoms with Crippen molar-refractivity contribution in [2.75, 3.05) is 0 Å². The molecule has 31 heavy (non-hydrogen) atoms. The average molecular weight is 428 g/mol. The third kappa shape index (κ3) is 5.38. The first-order chi connectivity index (χ1) is 15.1. The van der Waals surface area contributed by atoms with Gasteiger partial charge in [-0.2, -0.15) is 0 Å². The van der Waals surface area contributed by atoms with E-state index in [0.29, 0.717) is 12.0 Å². The fourth-order valence-electron chi connectivity index (χ4n) is 3.48. The maximum Gasteiger partial charge on any atom is 0.286 e. The van der Waals surface area contributed by atoms with Gasteiger partial charge in [-0.15, -0.1) is 0 Å². The van der Waals surface area contributed by atoms with Crippen LogP contribution in [0.5, 0.6) is 0 Å². The van der Waals surface area contributed by atoms with Gasteiger partial charge in [-0.3, -0.25) is 19.7 Å². The lowest BCUT2D eigenvalue weighted by Gasteiger charge is -2.07. The Labute approximate surface area is 185 Å². The monoisotopic (exact) mass is 427 g/mol. The van der Waals surface area contributed by atoms with Crippen molar-refractivity contribution in [1.82, 2.24) is 5.32 Å². The summed E-state index contributed by atoms with van der Waals surface area (Å²) in [5.41, 5.74) is 4.90. The molecule has 2 amide bonds. The van der Waals surface area contributed by atoms with Crippen LogP contribution in [0.3, 0.4) is 0 Å². The summed E-state index contributed by atoms with van der Waals surface area (Å²) < 4.78 is 0. The second-order valence-electron chi connectivity index (χ2n) is 7.34. The second kappa shape index (κ2) is 9.58. The molecule has 1 aliphatic rings. The van der Waals surface area contributed by atoms with E-state index >= 15 is 0 Å². The van der Waals surface area contributed by atoms with E-state index in [-0.39, 0.29) is 16.9 Å². The Hall–Kier alpha value is -3.44. The lowest BCUT2D eigenvalue weighted by atomic mass is 9.98. The van der Waals surface area contributed by atoms with Gasteiger partial charge in [-0.25, -0.2) is 0 Å². The summed E-state index contributed by atoms with van der Waals surface area (Å²) in [6.07, 6.45) is 4.72. The summed E-state index contributed by atoms with van der Waals surface area (Å²) in [7, 11) is 0. The van der Waals surface area contributed by atoms with Crippen molar-refractivity contribution < 1.29 is 14.4 Å². The van der Waals surface area contributed by atoms with E-state index in [2.05, 4.69) is 23.5 Å². The molecule has 0 aromatic heterocycles. The van der Waals surface area contributed by atoms with Gasteiger partial charge in [0.15, 0.2) is 5.78 Å². The molecule has 3 aromatic carbocycles. The fraction of sp³-hybridized carbons (Fsp3) is 0.115. The number of hydrogen-bond donors (Lipinski definition) is 1. The molecule has 1 N–H and O–H groups in total. The number of rotatable bonds is 7. The lowest BCUT2D eigenvalue weighted by molar-refractivity contribution is -0.118. The summed E-state index contributed by atoms with van der Waals surface area (Å²) in [6.45, 7) is 0. The number of imide groups is 1. The van der Waals surface area contributed by atoms with Crippen LogP contribution in [0.25, 0.3) is 6.08 Å². The minimum atomic E-state index is -0.407. The number of nitrogens with one attached hydrogen (secondary N) is 1. The highest BCUT2D eigenvalue weighted by atomic mass is 32.2. The second-order valence-corrected chi connectivity index (χ2v) is 8.52. The zero-order valence-electron chi connectivity index (χ0n) is 16.8. The number of benzene rings is 3. The van der Waals surface area contributed by atoms with Crippen LogP contribution in [0.2, 0.25) is 0 Å². The first kappa shape index (κ1) is 20.8. The Kier molecular flexibility index (Phi) is 6.43. The van der Waals surface area contributed by atoms with Crippen molar-refractivity contribution in [1.29, 1.82) is 0 Å². The van der Waals surface area contributed by atoms with Gasteiger partial charge < -0.3 is 0 Å². The fourth-order valence-corrected chi connectivity index (χ4v) is 4.34. The van der Waals surface area contributed by atoms with Crippen molar-refractivity contribution in [3.8, 4) is 0 Å². The van der Waals surface area contributed by atoms with E-state index in [0.717, 1.165) is 34.9 Å². The molecule has 0 spiro atoms. The molecule has 0 aliphatic carbocycles. The molecular weight excluding hydrogens is 406 g/mol. The molecule has 1 unspecified atom stereocenters. The summed E-state index contributed by atoms with van der Waals surface area (Å²) >= 11 is 1.01. The largest absolute Gasteiger partial charge is 0.289 e. The number of allylic oxidation sites excluding steroid dienone is 1. The quantitative estimate of drug-likeness (QED) is 0.422. The molecule has 5 heteroatoms. The van der Waals surface area contributed by atoms with E-state index in [1.807, 2.05) is 54.6 Å². The Bertz CT molecular complexity index is 1140. The van der Waals surface area contributed by atoms with Gasteiger partial charge in [0, 0.05) is 5.56 Å². The predicted octanol–water partition coefficient (Wildman–Crippen LogP) is 5.07. The number of amides is 2. The third-order valence-electron chi connectivity index (χ3n) is 5.13. The van der Waals surface area contributed by atoms with Crippen molar-refractivity contribution >= 4 is 34.8 Å². The molecule has 1 fully saturated rings. The molecule has 4 nitrogen and oxygen atoms in total. The maximum absolute atomic E-state index is 12.6. The Morgan fingerprint density at radius 1 is 0.871 bits per heavy atom. The Morgan fingerprint density at radius 3 is 2.29 bits per heavy atom. The molecule has 4 rings (SSSR count). The van der Waals surface area contributed by atoms with E-state index in [4.69, 9.17) is 0 Å². The molecular formula is C26H21NO3S. The number of ketones is 1. The molecule has 0 saturated carbocycles.